The van der Waals surface area contributed by atoms with Crippen molar-refractivity contribution in [1.29, 1.82) is 0 Å². The lowest BCUT2D eigenvalue weighted by atomic mass is 10.1. The van der Waals surface area contributed by atoms with Crippen molar-refractivity contribution in [3.05, 3.63) is 33.6 Å². The molecule has 21 heavy (non-hydrogen) atoms. The summed E-state index contributed by atoms with van der Waals surface area (Å²) >= 11 is 1.83. The summed E-state index contributed by atoms with van der Waals surface area (Å²) in [5.74, 6) is 0.663. The van der Waals surface area contributed by atoms with Gasteiger partial charge in [-0.1, -0.05) is 0 Å². The van der Waals surface area contributed by atoms with Crippen LogP contribution < -0.4 is 5.32 Å². The summed E-state index contributed by atoms with van der Waals surface area (Å²) in [7, 11) is 1.13. The zero-order chi connectivity index (χ0) is 15.4. The molecule has 0 spiro atoms. The summed E-state index contributed by atoms with van der Waals surface area (Å²) < 4.78 is 18.2. The molecular formula is C13H15FN2O4S. The minimum Gasteiger partial charge on any atom is -0.465 e. The first-order valence-corrected chi connectivity index (χ1v) is 7.56. The Morgan fingerprint density at radius 1 is 1.62 bits per heavy atom. The summed E-state index contributed by atoms with van der Waals surface area (Å²) in [4.78, 5) is 21.8. The molecule has 114 valence electrons. The van der Waals surface area contributed by atoms with Gasteiger partial charge in [0.1, 0.15) is 11.5 Å². The van der Waals surface area contributed by atoms with Crippen molar-refractivity contribution in [2.24, 2.45) is 5.92 Å². The van der Waals surface area contributed by atoms with Gasteiger partial charge in [0.25, 0.3) is 5.69 Å². The van der Waals surface area contributed by atoms with Crippen molar-refractivity contribution in [1.82, 2.24) is 0 Å². The van der Waals surface area contributed by atoms with Crippen molar-refractivity contribution < 1.29 is 18.8 Å². The van der Waals surface area contributed by atoms with Crippen LogP contribution in [-0.4, -0.2) is 36.1 Å². The lowest BCUT2D eigenvalue weighted by molar-refractivity contribution is -0.384. The second kappa shape index (κ2) is 6.75. The predicted molar refractivity (Wildman–Crippen MR) is 78.3 cm³/mol. The number of esters is 1. The molecule has 8 heteroatoms. The van der Waals surface area contributed by atoms with E-state index in [-0.39, 0.29) is 16.9 Å². The Kier molecular flexibility index (Phi) is 5.00. The maximum Gasteiger partial charge on any atom is 0.340 e. The van der Waals surface area contributed by atoms with Crippen LogP contribution in [0, 0.1) is 21.8 Å². The molecule has 0 amide bonds. The van der Waals surface area contributed by atoms with E-state index in [1.165, 1.54) is 0 Å². The van der Waals surface area contributed by atoms with Gasteiger partial charge in [0.2, 0.25) is 0 Å². The van der Waals surface area contributed by atoms with Gasteiger partial charge < -0.3 is 10.1 Å². The van der Waals surface area contributed by atoms with Crippen molar-refractivity contribution in [3.63, 3.8) is 0 Å². The van der Waals surface area contributed by atoms with E-state index >= 15 is 0 Å². The molecule has 1 aromatic carbocycles. The number of methoxy groups -OCH3 is 1. The lowest BCUT2D eigenvalue weighted by Gasteiger charge is -2.12. The third-order valence-electron chi connectivity index (χ3n) is 3.29. The molecule has 1 unspecified atom stereocenters. The Morgan fingerprint density at radius 3 is 2.95 bits per heavy atom. The number of anilines is 1. The standard InChI is InChI=1S/C13H15FN2O4S/c1-20-13(17)9-4-11(12(16(18)19)5-10(9)14)15-6-8-2-3-21-7-8/h4-5,8,15H,2-3,6-7H2,1H3. The lowest BCUT2D eigenvalue weighted by Crippen LogP contribution is -2.15. The van der Waals surface area contributed by atoms with Gasteiger partial charge in [-0.2, -0.15) is 11.8 Å². The second-order valence-electron chi connectivity index (χ2n) is 4.71. The van der Waals surface area contributed by atoms with Crippen LogP contribution in [0.25, 0.3) is 0 Å². The van der Waals surface area contributed by atoms with E-state index in [1.807, 2.05) is 11.8 Å². The minimum atomic E-state index is -0.962. The van der Waals surface area contributed by atoms with Crippen molar-refractivity contribution >= 4 is 29.1 Å². The number of carbonyl (C=O) groups is 1. The van der Waals surface area contributed by atoms with Crippen LogP contribution in [0.3, 0.4) is 0 Å². The minimum absolute atomic E-state index is 0.138. The van der Waals surface area contributed by atoms with E-state index in [0.717, 1.165) is 37.2 Å². The number of nitrogens with one attached hydrogen (secondary N) is 1. The quantitative estimate of drug-likeness (QED) is 0.511. The van der Waals surface area contributed by atoms with Crippen LogP contribution in [0.15, 0.2) is 12.1 Å². The topological polar surface area (TPSA) is 81.5 Å². The Morgan fingerprint density at radius 2 is 2.38 bits per heavy atom. The number of thioether (sulfide) groups is 1. The van der Waals surface area contributed by atoms with Gasteiger partial charge in [-0.15, -0.1) is 0 Å². The van der Waals surface area contributed by atoms with E-state index in [9.17, 15) is 19.3 Å². The molecule has 1 saturated heterocycles. The molecule has 0 aliphatic carbocycles. The SMILES string of the molecule is COC(=O)c1cc(NCC2CCSC2)c([N+](=O)[O-])cc1F. The predicted octanol–water partition coefficient (Wildman–Crippen LogP) is 2.69. The fraction of sp³-hybridized carbons (Fsp3) is 0.462. The average Bonchev–Trinajstić information content (AvgIpc) is 2.98. The highest BCUT2D eigenvalue weighted by atomic mass is 32.2. The first-order valence-electron chi connectivity index (χ1n) is 6.40. The highest BCUT2D eigenvalue weighted by molar-refractivity contribution is 7.99. The molecule has 1 fully saturated rings. The largest absolute Gasteiger partial charge is 0.465 e. The van der Waals surface area contributed by atoms with E-state index in [0.29, 0.717) is 12.5 Å². The fourth-order valence-corrected chi connectivity index (χ4v) is 3.40. The number of benzene rings is 1. The molecule has 0 saturated carbocycles. The third kappa shape index (κ3) is 3.63. The first kappa shape index (κ1) is 15.6. The maximum absolute atomic E-state index is 13.7. The Balaban J connectivity index is 2.26. The van der Waals surface area contributed by atoms with Crippen LogP contribution in [-0.2, 0) is 4.74 Å². The summed E-state index contributed by atoms with van der Waals surface area (Å²) in [6.45, 7) is 0.556. The molecule has 6 nitrogen and oxygen atoms in total. The molecule has 2 rings (SSSR count). The molecular weight excluding hydrogens is 299 g/mol. The van der Waals surface area contributed by atoms with Crippen LogP contribution in [0.2, 0.25) is 0 Å². The molecule has 1 aliphatic heterocycles. The summed E-state index contributed by atoms with van der Waals surface area (Å²) in [6, 6.07) is 1.89. The van der Waals surface area contributed by atoms with Gasteiger partial charge in [-0.3, -0.25) is 10.1 Å². The maximum atomic E-state index is 13.7. The number of nitro groups is 1. The van der Waals surface area contributed by atoms with E-state index in [1.54, 1.807) is 0 Å². The van der Waals surface area contributed by atoms with E-state index in [4.69, 9.17) is 0 Å². The first-order chi connectivity index (χ1) is 10.0. The van der Waals surface area contributed by atoms with Gasteiger partial charge in [-0.05, 0) is 29.9 Å². The van der Waals surface area contributed by atoms with Crippen LogP contribution in [0.5, 0.6) is 0 Å². The third-order valence-corrected chi connectivity index (χ3v) is 4.52. The number of nitro benzene ring substituents is 1. The van der Waals surface area contributed by atoms with Gasteiger partial charge in [-0.25, -0.2) is 9.18 Å². The van der Waals surface area contributed by atoms with Gasteiger partial charge in [0.05, 0.1) is 23.7 Å². The summed E-state index contributed by atoms with van der Waals surface area (Å²) in [6.07, 6.45) is 1.04. The van der Waals surface area contributed by atoms with Gasteiger partial charge in [0, 0.05) is 6.54 Å². The molecule has 1 aromatic rings. The zero-order valence-corrected chi connectivity index (χ0v) is 12.2. The van der Waals surface area contributed by atoms with Crippen molar-refractivity contribution in [3.8, 4) is 0 Å². The smallest absolute Gasteiger partial charge is 0.340 e. The molecule has 0 radical (unpaired) electrons. The summed E-state index contributed by atoms with van der Waals surface area (Å²) in [5, 5.41) is 14.0. The number of carbonyl (C=O) groups excluding carboxylic acids is 1. The number of halogens is 1. The van der Waals surface area contributed by atoms with E-state index in [2.05, 4.69) is 10.1 Å². The summed E-state index contributed by atoms with van der Waals surface area (Å²) in [5.41, 5.74) is -0.559. The molecule has 1 heterocycles. The van der Waals surface area contributed by atoms with Gasteiger partial charge >= 0.3 is 5.97 Å². The van der Waals surface area contributed by atoms with Crippen LogP contribution in [0.1, 0.15) is 16.8 Å². The number of hydrogen-bond acceptors (Lipinski definition) is 6. The van der Waals surface area contributed by atoms with Crippen molar-refractivity contribution in [2.75, 3.05) is 30.5 Å². The zero-order valence-electron chi connectivity index (χ0n) is 11.4. The Bertz CT molecular complexity index is 561. The van der Waals surface area contributed by atoms with Gasteiger partial charge in [0.15, 0.2) is 0 Å². The monoisotopic (exact) mass is 314 g/mol. The number of nitrogens with zero attached hydrogens (tertiary/aromatic N) is 1. The van der Waals surface area contributed by atoms with Crippen LogP contribution in [0.4, 0.5) is 15.8 Å². The normalized spacial score (nSPS) is 17.5. The molecule has 1 N–H and O–H groups in total. The second-order valence-corrected chi connectivity index (χ2v) is 5.86. The Labute approximate surface area is 125 Å². The fourth-order valence-electron chi connectivity index (χ4n) is 2.12. The van der Waals surface area contributed by atoms with Crippen molar-refractivity contribution in [2.45, 2.75) is 6.42 Å². The highest BCUT2D eigenvalue weighted by Gasteiger charge is 2.23. The molecule has 0 aromatic heterocycles. The number of rotatable bonds is 5. The number of hydrogen-bond donors (Lipinski definition) is 1. The Hall–Kier alpha value is -1.83. The molecule has 1 aliphatic rings. The molecule has 1 atom stereocenters. The van der Waals surface area contributed by atoms with Crippen LogP contribution >= 0.6 is 11.8 Å². The van der Waals surface area contributed by atoms with E-state index < -0.39 is 16.7 Å². The number of ether oxygens (including phenoxy) is 1. The highest BCUT2D eigenvalue weighted by Crippen LogP contribution is 2.30. The molecule has 0 bridgehead atoms. The average molecular weight is 314 g/mol.